The van der Waals surface area contributed by atoms with Gasteiger partial charge in [-0.3, -0.25) is 5.01 Å². The largest absolute Gasteiger partial charge is 0.518 e. The number of hydrazine groups is 1. The van der Waals surface area contributed by atoms with Gasteiger partial charge in [0.15, 0.2) is 0 Å². The molecule has 1 saturated heterocycles. The zero-order chi connectivity index (χ0) is 18.8. The summed E-state index contributed by atoms with van der Waals surface area (Å²) in [5.41, 5.74) is -5.56. The summed E-state index contributed by atoms with van der Waals surface area (Å²) in [5.74, 6) is 5.27. The van der Waals surface area contributed by atoms with E-state index in [0.29, 0.717) is 26.3 Å². The van der Waals surface area contributed by atoms with Crippen LogP contribution < -0.4 is 10.3 Å². The molecular weight excluding hydrogens is 385 g/mol. The number of nitrogens with zero attached hydrogens (tertiary/aromatic N) is 3. The van der Waals surface area contributed by atoms with Crippen LogP contribution in [0.2, 0.25) is 5.02 Å². The Morgan fingerprint density at radius 2 is 1.96 bits per heavy atom. The smallest absolute Gasteiger partial charge is 0.378 e. The molecule has 2 rings (SSSR count). The number of sulfonamides is 1. The zero-order valence-electron chi connectivity index (χ0n) is 13.1. The highest BCUT2D eigenvalue weighted by atomic mass is 35.5. The number of anilines is 1. The van der Waals surface area contributed by atoms with Gasteiger partial charge in [0.05, 0.1) is 37.7 Å². The fourth-order valence-electron chi connectivity index (χ4n) is 2.15. The molecule has 1 aromatic carbocycles. The Labute approximate surface area is 147 Å². The first-order chi connectivity index (χ1) is 11.5. The molecule has 1 fully saturated rings. The van der Waals surface area contributed by atoms with E-state index in [9.17, 15) is 21.6 Å². The quantitative estimate of drug-likeness (QED) is 0.474. The van der Waals surface area contributed by atoms with Crippen molar-refractivity contribution >= 4 is 33.0 Å². The molecule has 25 heavy (non-hydrogen) atoms. The number of halogens is 4. The highest BCUT2D eigenvalue weighted by Crippen LogP contribution is 2.32. The van der Waals surface area contributed by atoms with Gasteiger partial charge in [-0.2, -0.15) is 31.1 Å². The molecule has 0 amide bonds. The maximum Gasteiger partial charge on any atom is 0.518 e. The number of hydrogen-bond donors (Lipinski definition) is 1. The number of morpholine rings is 1. The molecule has 1 aliphatic heterocycles. The number of ether oxygens (including phenoxy) is 1. The second-order valence-electron chi connectivity index (χ2n) is 5.16. The topological polar surface area (TPSA) is 88.2 Å². The Bertz CT molecular complexity index is 764. The summed E-state index contributed by atoms with van der Waals surface area (Å²) < 4.78 is 66.3. The third kappa shape index (κ3) is 4.35. The Hall–Kier alpha value is -1.56. The molecule has 0 bridgehead atoms. The van der Waals surface area contributed by atoms with E-state index in [0.717, 1.165) is 6.07 Å². The van der Waals surface area contributed by atoms with Crippen LogP contribution in [0.15, 0.2) is 23.3 Å². The van der Waals surface area contributed by atoms with Gasteiger partial charge in [0.25, 0.3) is 0 Å². The maximum absolute atomic E-state index is 12.8. The van der Waals surface area contributed by atoms with Crippen LogP contribution in [0.3, 0.4) is 0 Å². The molecule has 7 nitrogen and oxygen atoms in total. The molecule has 0 aliphatic carbocycles. The van der Waals surface area contributed by atoms with Gasteiger partial charge in [-0.05, 0) is 25.1 Å². The lowest BCUT2D eigenvalue weighted by Crippen LogP contribution is -2.46. The van der Waals surface area contributed by atoms with Crippen molar-refractivity contribution in [3.63, 3.8) is 0 Å². The summed E-state index contributed by atoms with van der Waals surface area (Å²) in [4.78, 5) is 0. The van der Waals surface area contributed by atoms with Crippen molar-refractivity contribution in [2.45, 2.75) is 12.4 Å². The zero-order valence-corrected chi connectivity index (χ0v) is 14.7. The number of hydrogen-bond acceptors (Lipinski definition) is 6. The van der Waals surface area contributed by atoms with E-state index in [4.69, 9.17) is 22.2 Å². The van der Waals surface area contributed by atoms with Crippen molar-refractivity contribution in [3.8, 4) is 0 Å². The van der Waals surface area contributed by atoms with E-state index in [1.54, 1.807) is 5.01 Å². The highest BCUT2D eigenvalue weighted by molar-refractivity contribution is 7.93. The summed E-state index contributed by atoms with van der Waals surface area (Å²) in [5, 5.41) is 6.16. The van der Waals surface area contributed by atoms with Gasteiger partial charge in [0, 0.05) is 10.6 Å². The predicted molar refractivity (Wildman–Crippen MR) is 87.7 cm³/mol. The summed E-state index contributed by atoms with van der Waals surface area (Å²) >= 11 is 5.89. The minimum atomic E-state index is -5.75. The lowest BCUT2D eigenvalue weighted by Gasteiger charge is -2.26. The molecule has 0 atom stereocenters. The van der Waals surface area contributed by atoms with Crippen molar-refractivity contribution in [3.05, 3.63) is 28.8 Å². The SMILES string of the molecule is C/C(=N\N1CCOCC1)c1cc(Cl)ccc1N(N)S(=O)(=O)C(F)(F)F. The van der Waals surface area contributed by atoms with Crippen molar-refractivity contribution in [1.82, 2.24) is 5.01 Å². The first-order valence-electron chi connectivity index (χ1n) is 7.08. The molecule has 1 heterocycles. The molecule has 12 heteroatoms. The first-order valence-corrected chi connectivity index (χ1v) is 8.90. The summed E-state index contributed by atoms with van der Waals surface area (Å²) in [6, 6.07) is 3.65. The molecule has 1 aliphatic rings. The number of benzene rings is 1. The molecule has 140 valence electrons. The second-order valence-corrected chi connectivity index (χ2v) is 7.40. The average Bonchev–Trinajstić information content (AvgIpc) is 2.54. The van der Waals surface area contributed by atoms with Gasteiger partial charge >= 0.3 is 15.5 Å². The molecule has 0 aromatic heterocycles. The molecule has 0 spiro atoms. The number of alkyl halides is 3. The van der Waals surface area contributed by atoms with E-state index in [-0.39, 0.29) is 26.4 Å². The van der Waals surface area contributed by atoms with Crippen LogP contribution in [-0.4, -0.2) is 51.0 Å². The fourth-order valence-corrected chi connectivity index (χ4v) is 2.96. The van der Waals surface area contributed by atoms with E-state index in [1.807, 2.05) is 0 Å². The maximum atomic E-state index is 12.8. The van der Waals surface area contributed by atoms with Crippen LogP contribution >= 0.6 is 11.6 Å². The van der Waals surface area contributed by atoms with Crippen molar-refractivity contribution in [1.29, 1.82) is 0 Å². The molecule has 1 aromatic rings. The monoisotopic (exact) mass is 400 g/mol. The molecule has 2 N–H and O–H groups in total. The number of nitrogens with two attached hydrogens (primary N) is 1. The third-order valence-electron chi connectivity index (χ3n) is 3.42. The van der Waals surface area contributed by atoms with Gasteiger partial charge in [0.2, 0.25) is 0 Å². The summed E-state index contributed by atoms with van der Waals surface area (Å²) in [7, 11) is -5.75. The van der Waals surface area contributed by atoms with Gasteiger partial charge in [0.1, 0.15) is 0 Å². The van der Waals surface area contributed by atoms with Crippen LogP contribution in [0.25, 0.3) is 0 Å². The van der Waals surface area contributed by atoms with Crippen LogP contribution in [0.5, 0.6) is 0 Å². The Kier molecular flexibility index (Phi) is 5.82. The van der Waals surface area contributed by atoms with Crippen LogP contribution in [-0.2, 0) is 14.8 Å². The van der Waals surface area contributed by atoms with E-state index < -0.39 is 15.5 Å². The van der Waals surface area contributed by atoms with Gasteiger partial charge in [-0.25, -0.2) is 5.84 Å². The van der Waals surface area contributed by atoms with E-state index >= 15 is 0 Å². The molecule has 0 radical (unpaired) electrons. The third-order valence-corrected chi connectivity index (χ3v) is 4.95. The minimum absolute atomic E-state index is 0.0781. The average molecular weight is 401 g/mol. The second kappa shape index (κ2) is 7.36. The van der Waals surface area contributed by atoms with Crippen LogP contribution in [0, 0.1) is 0 Å². The van der Waals surface area contributed by atoms with Crippen LogP contribution in [0.4, 0.5) is 18.9 Å². The normalized spacial score (nSPS) is 16.9. The highest BCUT2D eigenvalue weighted by Gasteiger charge is 2.50. The lowest BCUT2D eigenvalue weighted by molar-refractivity contribution is -0.0438. The van der Waals surface area contributed by atoms with Gasteiger partial charge in [-0.1, -0.05) is 11.6 Å². The Morgan fingerprint density at radius 1 is 1.36 bits per heavy atom. The van der Waals surface area contributed by atoms with Gasteiger partial charge in [-0.15, -0.1) is 0 Å². The van der Waals surface area contributed by atoms with Crippen molar-refractivity contribution in [2.24, 2.45) is 10.9 Å². The molecule has 0 unspecified atom stereocenters. The molecule has 0 saturated carbocycles. The summed E-state index contributed by atoms with van der Waals surface area (Å²) in [6.45, 7) is 3.45. The first kappa shape index (κ1) is 19.8. The van der Waals surface area contributed by atoms with Crippen molar-refractivity contribution in [2.75, 3.05) is 30.7 Å². The van der Waals surface area contributed by atoms with Crippen molar-refractivity contribution < 1.29 is 26.3 Å². The standard InChI is InChI=1S/C13H16ClF3N4O3S/c1-9(19-20-4-6-24-7-5-20)11-8-10(14)2-3-12(11)21(18)25(22,23)13(15,16)17/h2-3,8H,4-7,18H2,1H3/b19-9+. The summed E-state index contributed by atoms with van der Waals surface area (Å²) in [6.07, 6.45) is 0. The Balaban J connectivity index is 2.45. The lowest BCUT2D eigenvalue weighted by atomic mass is 10.1. The van der Waals surface area contributed by atoms with Crippen LogP contribution in [0.1, 0.15) is 12.5 Å². The number of hydrazone groups is 1. The minimum Gasteiger partial charge on any atom is -0.378 e. The predicted octanol–water partition coefficient (Wildman–Crippen LogP) is 1.93. The Morgan fingerprint density at radius 3 is 2.52 bits per heavy atom. The van der Waals surface area contributed by atoms with E-state index in [2.05, 4.69) is 5.10 Å². The van der Waals surface area contributed by atoms with Gasteiger partial charge < -0.3 is 4.74 Å². The van der Waals surface area contributed by atoms with E-state index in [1.165, 1.54) is 19.1 Å². The fraction of sp³-hybridized carbons (Fsp3) is 0.462. The molecular formula is C13H16ClF3N4O3S. The number of rotatable bonds is 4.